The van der Waals surface area contributed by atoms with Crippen LogP contribution in [0.15, 0.2) is 6.07 Å². The summed E-state index contributed by atoms with van der Waals surface area (Å²) in [5, 5.41) is 10.2. The van der Waals surface area contributed by atoms with Gasteiger partial charge in [0.25, 0.3) is 0 Å². The third-order valence-corrected chi connectivity index (χ3v) is 3.15. The number of unbranched alkanes of at least 4 members (excludes halogenated alkanes) is 2. The molecule has 0 saturated heterocycles. The molecule has 3 nitrogen and oxygen atoms in total. The molecule has 0 amide bonds. The number of benzene rings is 1. The molecule has 0 radical (unpaired) electrons. The van der Waals surface area contributed by atoms with Gasteiger partial charge >= 0.3 is 0 Å². The fourth-order valence-electron chi connectivity index (χ4n) is 1.82. The summed E-state index contributed by atoms with van der Waals surface area (Å²) in [6, 6.07) is 1.95. The Kier molecular flexibility index (Phi) is 6.54. The molecule has 0 saturated carbocycles. The molecule has 1 aromatic rings. The fourth-order valence-corrected chi connectivity index (χ4v) is 1.82. The topological polar surface area (TPSA) is 38.7 Å². The molecule has 0 atom stereocenters. The van der Waals surface area contributed by atoms with Crippen LogP contribution in [0.3, 0.4) is 0 Å². The Bertz CT molecular complexity index is 399. The SMILES string of the molecule is CCCCOc1cc(C)c(OCCCC)c(O)c1C. The summed E-state index contributed by atoms with van der Waals surface area (Å²) in [6.07, 6.45) is 4.19. The zero-order valence-electron chi connectivity index (χ0n) is 12.6. The zero-order chi connectivity index (χ0) is 14.3. The van der Waals surface area contributed by atoms with E-state index in [0.29, 0.717) is 19.0 Å². The van der Waals surface area contributed by atoms with Gasteiger partial charge in [-0.05, 0) is 38.3 Å². The van der Waals surface area contributed by atoms with Gasteiger partial charge in [-0.25, -0.2) is 0 Å². The third kappa shape index (κ3) is 4.34. The van der Waals surface area contributed by atoms with E-state index in [1.54, 1.807) is 0 Å². The Labute approximate surface area is 116 Å². The van der Waals surface area contributed by atoms with Crippen molar-refractivity contribution in [3.63, 3.8) is 0 Å². The first kappa shape index (κ1) is 15.7. The van der Waals surface area contributed by atoms with E-state index in [0.717, 1.165) is 42.6 Å². The predicted octanol–water partition coefficient (Wildman–Crippen LogP) is 4.37. The normalized spacial score (nSPS) is 10.5. The lowest BCUT2D eigenvalue weighted by molar-refractivity contribution is 0.282. The van der Waals surface area contributed by atoms with Crippen LogP contribution in [0.25, 0.3) is 0 Å². The van der Waals surface area contributed by atoms with E-state index in [9.17, 15) is 5.11 Å². The van der Waals surface area contributed by atoms with Crippen molar-refractivity contribution in [2.24, 2.45) is 0 Å². The molecule has 0 heterocycles. The Balaban J connectivity index is 2.82. The van der Waals surface area contributed by atoms with Crippen LogP contribution in [0.2, 0.25) is 0 Å². The third-order valence-electron chi connectivity index (χ3n) is 3.15. The highest BCUT2D eigenvalue weighted by Crippen LogP contribution is 2.39. The number of hydrogen-bond acceptors (Lipinski definition) is 3. The minimum atomic E-state index is 0.211. The van der Waals surface area contributed by atoms with Gasteiger partial charge in [-0.1, -0.05) is 26.7 Å². The fraction of sp³-hybridized carbons (Fsp3) is 0.625. The first-order chi connectivity index (χ1) is 9.11. The zero-order valence-corrected chi connectivity index (χ0v) is 12.6. The summed E-state index contributed by atoms with van der Waals surface area (Å²) in [5.41, 5.74) is 1.68. The molecule has 1 N–H and O–H groups in total. The van der Waals surface area contributed by atoms with Crippen molar-refractivity contribution in [2.45, 2.75) is 53.4 Å². The maximum atomic E-state index is 10.2. The van der Waals surface area contributed by atoms with Gasteiger partial charge in [0.1, 0.15) is 5.75 Å². The highest BCUT2D eigenvalue weighted by Gasteiger charge is 2.14. The molecule has 0 bridgehead atoms. The number of aryl methyl sites for hydroxylation is 1. The van der Waals surface area contributed by atoms with E-state index in [-0.39, 0.29) is 5.75 Å². The monoisotopic (exact) mass is 266 g/mol. The number of ether oxygens (including phenoxy) is 2. The predicted molar refractivity (Wildman–Crippen MR) is 78.4 cm³/mol. The van der Waals surface area contributed by atoms with Crippen molar-refractivity contribution in [1.29, 1.82) is 0 Å². The van der Waals surface area contributed by atoms with E-state index in [1.165, 1.54) is 0 Å². The van der Waals surface area contributed by atoms with Crippen LogP contribution in [-0.2, 0) is 0 Å². The molecule has 3 heteroatoms. The lowest BCUT2D eigenvalue weighted by Crippen LogP contribution is -2.02. The summed E-state index contributed by atoms with van der Waals surface area (Å²) in [7, 11) is 0. The Hall–Kier alpha value is -1.38. The number of rotatable bonds is 8. The highest BCUT2D eigenvalue weighted by atomic mass is 16.5. The minimum absolute atomic E-state index is 0.211. The maximum Gasteiger partial charge on any atom is 0.164 e. The molecule has 1 rings (SSSR count). The summed E-state index contributed by atoms with van der Waals surface area (Å²) in [6.45, 7) is 9.37. The largest absolute Gasteiger partial charge is 0.504 e. The van der Waals surface area contributed by atoms with Crippen molar-refractivity contribution >= 4 is 0 Å². The molecule has 0 unspecified atom stereocenters. The van der Waals surface area contributed by atoms with E-state index in [4.69, 9.17) is 9.47 Å². The van der Waals surface area contributed by atoms with Crippen LogP contribution in [0.1, 0.15) is 50.7 Å². The molecule has 0 aliphatic heterocycles. The van der Waals surface area contributed by atoms with E-state index in [2.05, 4.69) is 13.8 Å². The van der Waals surface area contributed by atoms with Gasteiger partial charge < -0.3 is 14.6 Å². The number of phenolic OH excluding ortho intramolecular Hbond substituents is 1. The van der Waals surface area contributed by atoms with Crippen LogP contribution in [0.5, 0.6) is 17.2 Å². The summed E-state index contributed by atoms with van der Waals surface area (Å²) >= 11 is 0. The maximum absolute atomic E-state index is 10.2. The van der Waals surface area contributed by atoms with Crippen LogP contribution in [0, 0.1) is 13.8 Å². The van der Waals surface area contributed by atoms with E-state index in [1.807, 2.05) is 19.9 Å². The van der Waals surface area contributed by atoms with Crippen LogP contribution < -0.4 is 9.47 Å². The smallest absolute Gasteiger partial charge is 0.164 e. The second-order valence-electron chi connectivity index (χ2n) is 4.90. The Morgan fingerprint density at radius 1 is 1.00 bits per heavy atom. The minimum Gasteiger partial charge on any atom is -0.504 e. The van der Waals surface area contributed by atoms with Gasteiger partial charge in [0.15, 0.2) is 11.5 Å². The average molecular weight is 266 g/mol. The van der Waals surface area contributed by atoms with Gasteiger partial charge in [0.05, 0.1) is 13.2 Å². The first-order valence-corrected chi connectivity index (χ1v) is 7.20. The number of hydrogen-bond donors (Lipinski definition) is 1. The van der Waals surface area contributed by atoms with Crippen molar-refractivity contribution in [3.05, 3.63) is 17.2 Å². The molecule has 0 fully saturated rings. The Morgan fingerprint density at radius 2 is 1.58 bits per heavy atom. The molecular formula is C16H26O3. The second-order valence-corrected chi connectivity index (χ2v) is 4.90. The van der Waals surface area contributed by atoms with Crippen molar-refractivity contribution in [1.82, 2.24) is 0 Å². The molecular weight excluding hydrogens is 240 g/mol. The molecule has 1 aromatic carbocycles. The average Bonchev–Trinajstić information content (AvgIpc) is 2.39. The van der Waals surface area contributed by atoms with Crippen LogP contribution in [0.4, 0.5) is 0 Å². The van der Waals surface area contributed by atoms with Gasteiger partial charge in [-0.3, -0.25) is 0 Å². The van der Waals surface area contributed by atoms with Crippen molar-refractivity contribution in [3.8, 4) is 17.2 Å². The van der Waals surface area contributed by atoms with Crippen LogP contribution >= 0.6 is 0 Å². The van der Waals surface area contributed by atoms with Gasteiger partial charge in [0, 0.05) is 5.56 Å². The molecule has 0 aliphatic carbocycles. The molecule has 0 aliphatic rings. The quantitative estimate of drug-likeness (QED) is 0.710. The second kappa shape index (κ2) is 7.93. The van der Waals surface area contributed by atoms with Gasteiger partial charge in [0.2, 0.25) is 0 Å². The number of phenols is 1. The summed E-state index contributed by atoms with van der Waals surface area (Å²) in [4.78, 5) is 0. The standard InChI is InChI=1S/C16H26O3/c1-5-7-9-18-14-11-12(3)16(15(17)13(14)4)19-10-8-6-2/h11,17H,5-10H2,1-4H3. The van der Waals surface area contributed by atoms with Gasteiger partial charge in [-0.2, -0.15) is 0 Å². The molecule has 0 aromatic heterocycles. The van der Waals surface area contributed by atoms with E-state index < -0.39 is 0 Å². The Morgan fingerprint density at radius 3 is 2.16 bits per heavy atom. The van der Waals surface area contributed by atoms with Crippen molar-refractivity contribution in [2.75, 3.05) is 13.2 Å². The molecule has 0 spiro atoms. The molecule has 19 heavy (non-hydrogen) atoms. The van der Waals surface area contributed by atoms with E-state index >= 15 is 0 Å². The molecule has 108 valence electrons. The number of aromatic hydroxyl groups is 1. The van der Waals surface area contributed by atoms with Gasteiger partial charge in [-0.15, -0.1) is 0 Å². The lowest BCUT2D eigenvalue weighted by atomic mass is 10.1. The lowest BCUT2D eigenvalue weighted by Gasteiger charge is -2.16. The highest BCUT2D eigenvalue weighted by molar-refractivity contribution is 5.56. The first-order valence-electron chi connectivity index (χ1n) is 7.20. The summed E-state index contributed by atoms with van der Waals surface area (Å²) < 4.78 is 11.4. The summed E-state index contributed by atoms with van der Waals surface area (Å²) in [5.74, 6) is 1.56. The van der Waals surface area contributed by atoms with Crippen molar-refractivity contribution < 1.29 is 14.6 Å². The van der Waals surface area contributed by atoms with Crippen LogP contribution in [-0.4, -0.2) is 18.3 Å².